The molecule has 1 aromatic carbocycles. The molecule has 16 heavy (non-hydrogen) atoms. The third-order valence-electron chi connectivity index (χ3n) is 1.62. The second-order valence-electron chi connectivity index (χ2n) is 2.77. The summed E-state index contributed by atoms with van der Waals surface area (Å²) in [6, 6.07) is 5.71. The number of hydrogen-bond donors (Lipinski definition) is 1. The fraction of sp³-hybridized carbons (Fsp3) is 0.222. The van der Waals surface area contributed by atoms with Crippen LogP contribution in [0.5, 0.6) is 5.75 Å². The van der Waals surface area contributed by atoms with Crippen molar-refractivity contribution in [3.05, 3.63) is 34.4 Å². The molecular formula is C9H10N2O5. The summed E-state index contributed by atoms with van der Waals surface area (Å²) in [6.45, 7) is 0.0854. The third kappa shape index (κ3) is 3.82. The number of nitrogens with zero attached hydrogens (tertiary/aromatic N) is 1. The lowest BCUT2D eigenvalue weighted by atomic mass is 10.3. The summed E-state index contributed by atoms with van der Waals surface area (Å²) in [5.74, 6) is 0.335. The van der Waals surface area contributed by atoms with Crippen LogP contribution in [0.1, 0.15) is 0 Å². The molecule has 0 radical (unpaired) electrons. The highest BCUT2D eigenvalue weighted by atomic mass is 16.6. The number of benzene rings is 1. The normalized spacial score (nSPS) is 9.50. The van der Waals surface area contributed by atoms with E-state index in [1.165, 1.54) is 18.2 Å². The van der Waals surface area contributed by atoms with Crippen LogP contribution in [0.15, 0.2) is 24.3 Å². The van der Waals surface area contributed by atoms with E-state index in [0.29, 0.717) is 5.75 Å². The van der Waals surface area contributed by atoms with Crippen molar-refractivity contribution in [1.29, 1.82) is 0 Å². The smallest absolute Gasteiger partial charge is 0.404 e. The predicted molar refractivity (Wildman–Crippen MR) is 54.1 cm³/mol. The zero-order chi connectivity index (χ0) is 12.0. The second-order valence-corrected chi connectivity index (χ2v) is 2.77. The van der Waals surface area contributed by atoms with Crippen LogP contribution in [0.2, 0.25) is 0 Å². The Morgan fingerprint density at radius 3 is 2.81 bits per heavy atom. The number of nitro groups is 1. The molecular weight excluding hydrogens is 216 g/mol. The number of rotatable bonds is 5. The Kier molecular flexibility index (Phi) is 4.07. The Morgan fingerprint density at radius 2 is 2.19 bits per heavy atom. The third-order valence-corrected chi connectivity index (χ3v) is 1.62. The monoisotopic (exact) mass is 226 g/mol. The summed E-state index contributed by atoms with van der Waals surface area (Å²) in [4.78, 5) is 20.1. The van der Waals surface area contributed by atoms with Gasteiger partial charge in [0.05, 0.1) is 11.0 Å². The molecule has 0 spiro atoms. The predicted octanol–water partition coefficient (Wildman–Crippen LogP) is 1.07. The number of carbonyl (C=O) groups excluding carboxylic acids is 1. The number of amides is 1. The molecule has 1 amide bonds. The van der Waals surface area contributed by atoms with Crippen LogP contribution >= 0.6 is 0 Å². The van der Waals surface area contributed by atoms with Crippen molar-refractivity contribution in [3.8, 4) is 5.75 Å². The maximum absolute atomic E-state index is 10.4. The van der Waals surface area contributed by atoms with Crippen LogP contribution in [0.4, 0.5) is 10.5 Å². The van der Waals surface area contributed by atoms with Gasteiger partial charge in [-0.25, -0.2) is 4.79 Å². The first-order valence-corrected chi connectivity index (χ1v) is 4.39. The molecule has 0 aliphatic rings. The molecule has 0 aliphatic heterocycles. The number of nitro benzene ring substituents is 1. The molecule has 86 valence electrons. The van der Waals surface area contributed by atoms with Crippen molar-refractivity contribution in [3.63, 3.8) is 0 Å². The summed E-state index contributed by atoms with van der Waals surface area (Å²) in [6.07, 6.45) is -0.886. The molecule has 0 atom stereocenters. The van der Waals surface area contributed by atoms with Gasteiger partial charge < -0.3 is 15.2 Å². The van der Waals surface area contributed by atoms with Crippen molar-refractivity contribution >= 4 is 11.8 Å². The molecule has 1 aromatic rings. The molecule has 0 saturated heterocycles. The molecule has 0 aromatic heterocycles. The van der Waals surface area contributed by atoms with Gasteiger partial charge in [-0.1, -0.05) is 6.07 Å². The maximum Gasteiger partial charge on any atom is 0.404 e. The molecule has 0 saturated carbocycles. The van der Waals surface area contributed by atoms with Crippen molar-refractivity contribution in [2.24, 2.45) is 5.73 Å². The highest BCUT2D eigenvalue weighted by Crippen LogP contribution is 2.18. The van der Waals surface area contributed by atoms with Crippen LogP contribution in [0, 0.1) is 10.1 Å². The van der Waals surface area contributed by atoms with Gasteiger partial charge in [-0.15, -0.1) is 0 Å². The van der Waals surface area contributed by atoms with Gasteiger partial charge in [-0.2, -0.15) is 0 Å². The second kappa shape index (κ2) is 5.54. The Morgan fingerprint density at radius 1 is 1.44 bits per heavy atom. The Labute approximate surface area is 90.9 Å². The molecule has 1 rings (SSSR count). The van der Waals surface area contributed by atoms with Crippen molar-refractivity contribution in [1.82, 2.24) is 0 Å². The molecule has 7 heteroatoms. The van der Waals surface area contributed by atoms with E-state index < -0.39 is 11.0 Å². The van der Waals surface area contributed by atoms with E-state index in [-0.39, 0.29) is 18.9 Å². The molecule has 2 N–H and O–H groups in total. The molecule has 7 nitrogen and oxygen atoms in total. The number of nitrogens with two attached hydrogens (primary N) is 1. The lowest BCUT2D eigenvalue weighted by Gasteiger charge is -2.05. The van der Waals surface area contributed by atoms with Gasteiger partial charge >= 0.3 is 6.09 Å². The zero-order valence-electron chi connectivity index (χ0n) is 8.29. The average Bonchev–Trinajstić information content (AvgIpc) is 2.24. The number of hydrogen-bond acceptors (Lipinski definition) is 5. The Bertz CT molecular complexity index is 393. The van der Waals surface area contributed by atoms with E-state index in [9.17, 15) is 14.9 Å². The van der Waals surface area contributed by atoms with Crippen LogP contribution < -0.4 is 10.5 Å². The van der Waals surface area contributed by atoms with Crippen molar-refractivity contribution in [2.45, 2.75) is 0 Å². The molecule has 0 bridgehead atoms. The van der Waals surface area contributed by atoms with Crippen molar-refractivity contribution < 1.29 is 19.2 Å². The van der Waals surface area contributed by atoms with Gasteiger partial charge in [0.1, 0.15) is 19.0 Å². The van der Waals surface area contributed by atoms with Gasteiger partial charge in [0.2, 0.25) is 0 Å². The summed E-state index contributed by atoms with van der Waals surface area (Å²) in [5.41, 5.74) is 4.67. The first kappa shape index (κ1) is 11.8. The molecule has 0 fully saturated rings. The minimum absolute atomic E-state index is 0.00196. The van der Waals surface area contributed by atoms with E-state index in [1.54, 1.807) is 6.07 Å². The molecule has 0 unspecified atom stereocenters. The number of ether oxygens (including phenoxy) is 2. The minimum atomic E-state index is -0.886. The van der Waals surface area contributed by atoms with Crippen molar-refractivity contribution in [2.75, 3.05) is 13.2 Å². The van der Waals surface area contributed by atoms with E-state index in [1.807, 2.05) is 0 Å². The van der Waals surface area contributed by atoms with Crippen LogP contribution in [0.3, 0.4) is 0 Å². The minimum Gasteiger partial charge on any atom is -0.490 e. The first-order valence-electron chi connectivity index (χ1n) is 4.39. The summed E-state index contributed by atoms with van der Waals surface area (Å²) >= 11 is 0. The first-order chi connectivity index (χ1) is 7.59. The SMILES string of the molecule is NC(=O)OCCOc1cccc([N+](=O)[O-])c1. The van der Waals surface area contributed by atoms with E-state index >= 15 is 0 Å². The number of non-ortho nitro benzene ring substituents is 1. The number of carbonyl (C=O) groups is 1. The topological polar surface area (TPSA) is 105 Å². The highest BCUT2D eigenvalue weighted by Gasteiger charge is 2.06. The van der Waals surface area contributed by atoms with Gasteiger partial charge in [0.15, 0.2) is 0 Å². The standard InChI is InChI=1S/C9H10N2O5/c10-9(12)16-5-4-15-8-3-1-2-7(6-8)11(13)14/h1-3,6H,4-5H2,(H2,10,12). The molecule has 0 heterocycles. The van der Waals surface area contributed by atoms with E-state index in [4.69, 9.17) is 10.5 Å². The molecule has 0 aliphatic carbocycles. The lowest BCUT2D eigenvalue weighted by Crippen LogP contribution is -2.17. The van der Waals surface area contributed by atoms with Crippen LogP contribution in [-0.4, -0.2) is 24.2 Å². The van der Waals surface area contributed by atoms with Gasteiger partial charge in [0.25, 0.3) is 5.69 Å². The highest BCUT2D eigenvalue weighted by molar-refractivity contribution is 5.64. The van der Waals surface area contributed by atoms with E-state index in [0.717, 1.165) is 0 Å². The Hall–Kier alpha value is -2.31. The van der Waals surface area contributed by atoms with Crippen LogP contribution in [-0.2, 0) is 4.74 Å². The largest absolute Gasteiger partial charge is 0.490 e. The fourth-order valence-electron chi connectivity index (χ4n) is 0.989. The fourth-order valence-corrected chi connectivity index (χ4v) is 0.989. The summed E-state index contributed by atoms with van der Waals surface area (Å²) in [7, 11) is 0. The zero-order valence-corrected chi connectivity index (χ0v) is 8.29. The average molecular weight is 226 g/mol. The van der Waals surface area contributed by atoms with E-state index in [2.05, 4.69) is 4.74 Å². The quantitative estimate of drug-likeness (QED) is 0.459. The maximum atomic E-state index is 10.4. The Balaban J connectivity index is 2.45. The van der Waals surface area contributed by atoms with Gasteiger partial charge in [-0.05, 0) is 6.07 Å². The number of primary amides is 1. The van der Waals surface area contributed by atoms with Gasteiger partial charge in [0, 0.05) is 6.07 Å². The lowest BCUT2D eigenvalue weighted by molar-refractivity contribution is -0.384. The van der Waals surface area contributed by atoms with Crippen LogP contribution in [0.25, 0.3) is 0 Å². The summed E-state index contributed by atoms with van der Waals surface area (Å²) in [5, 5.41) is 10.4. The summed E-state index contributed by atoms with van der Waals surface area (Å²) < 4.78 is 9.53. The van der Waals surface area contributed by atoms with Gasteiger partial charge in [-0.3, -0.25) is 10.1 Å².